The first-order chi connectivity index (χ1) is 6.27. The Balaban J connectivity index is 2.96. The van der Waals surface area contributed by atoms with Crippen molar-refractivity contribution in [2.45, 2.75) is 6.92 Å². The largest absolute Gasteiger partial charge is 0.187 e. The van der Waals surface area contributed by atoms with Gasteiger partial charge in [0, 0.05) is 12.6 Å². The molecule has 0 spiro atoms. The van der Waals surface area contributed by atoms with Gasteiger partial charge in [-0.15, -0.1) is 0 Å². The predicted molar refractivity (Wildman–Crippen MR) is 54.0 cm³/mol. The third-order valence-electron chi connectivity index (χ3n) is 1.58. The normalized spacial score (nSPS) is 12.3. The maximum atomic E-state index is 4.17. The monoisotopic (exact) mass is 175 g/mol. The zero-order chi connectivity index (χ0) is 9.68. The molecule has 1 rings (SSSR count). The first kappa shape index (κ1) is 9.45. The summed E-state index contributed by atoms with van der Waals surface area (Å²) < 4.78 is 0. The number of hydrogen-bond acceptors (Lipinski definition) is 2. The molecule has 0 bridgehead atoms. The third kappa shape index (κ3) is 2.40. The molecule has 0 atom stereocenters. The number of aryl methyl sites for hydroxylation is 1. The highest BCUT2D eigenvalue weighted by Gasteiger charge is 1.99. The third-order valence-corrected chi connectivity index (χ3v) is 1.58. The second kappa shape index (κ2) is 4.40. The molecule has 13 heavy (non-hydrogen) atoms. The van der Waals surface area contributed by atoms with Gasteiger partial charge in [0.15, 0.2) is 0 Å². The Bertz CT molecular complexity index is 345. The van der Waals surface area contributed by atoms with Crippen LogP contribution in [0.15, 0.2) is 37.1 Å². The van der Waals surface area contributed by atoms with Gasteiger partial charge in [-0.1, -0.05) is 30.9 Å². The van der Waals surface area contributed by atoms with Crippen molar-refractivity contribution in [2.75, 3.05) is 0 Å². The van der Waals surface area contributed by atoms with Crippen molar-refractivity contribution in [1.82, 2.24) is 15.0 Å². The van der Waals surface area contributed by atoms with E-state index >= 15 is 0 Å². The average Bonchev–Trinajstić information content (AvgIpc) is 2.54. The van der Waals surface area contributed by atoms with Crippen LogP contribution >= 0.6 is 0 Å². The number of nitrogens with zero attached hydrogens (tertiary/aromatic N) is 3. The summed E-state index contributed by atoms with van der Waals surface area (Å²) in [5, 5.41) is 8.15. The summed E-state index contributed by atoms with van der Waals surface area (Å²) in [5.74, 6) is 0. The van der Waals surface area contributed by atoms with Gasteiger partial charge in [0.05, 0.1) is 6.20 Å². The van der Waals surface area contributed by atoms with Crippen LogP contribution in [0.25, 0.3) is 5.57 Å². The molecule has 0 unspecified atom stereocenters. The van der Waals surface area contributed by atoms with Crippen molar-refractivity contribution in [3.63, 3.8) is 0 Å². The molecule has 0 aromatic carbocycles. The van der Waals surface area contributed by atoms with E-state index in [2.05, 4.69) is 16.8 Å². The lowest BCUT2D eigenvalue weighted by Gasteiger charge is -1.92. The van der Waals surface area contributed by atoms with Crippen LogP contribution in [0.3, 0.4) is 0 Å². The second-order valence-corrected chi connectivity index (χ2v) is 2.57. The smallest absolute Gasteiger partial charge is 0.113 e. The molecular formula is C10H13N3. The first-order valence-electron chi connectivity index (χ1n) is 4.10. The summed E-state index contributed by atoms with van der Waals surface area (Å²) >= 11 is 0. The van der Waals surface area contributed by atoms with Gasteiger partial charge in [-0.05, 0) is 6.92 Å². The fraction of sp³-hybridized carbons (Fsp3) is 0.200. The molecule has 3 heteroatoms. The minimum Gasteiger partial charge on any atom is -0.187 e. The molecule has 0 fully saturated rings. The van der Waals surface area contributed by atoms with Crippen molar-refractivity contribution in [3.8, 4) is 0 Å². The maximum absolute atomic E-state index is 4.17. The number of allylic oxidation sites excluding steroid dienone is 5. The zero-order valence-corrected chi connectivity index (χ0v) is 7.94. The minimum atomic E-state index is 0.843. The van der Waals surface area contributed by atoms with E-state index in [1.54, 1.807) is 19.3 Å². The highest BCUT2D eigenvalue weighted by molar-refractivity contribution is 5.71. The summed E-state index contributed by atoms with van der Waals surface area (Å²) in [6.07, 6.45) is 9.35. The molecule has 0 aliphatic carbocycles. The first-order valence-corrected chi connectivity index (χ1v) is 4.10. The topological polar surface area (TPSA) is 30.7 Å². The van der Waals surface area contributed by atoms with Gasteiger partial charge in [-0.3, -0.25) is 0 Å². The van der Waals surface area contributed by atoms with Crippen LogP contribution in [-0.2, 0) is 7.05 Å². The Morgan fingerprint density at radius 2 is 2.38 bits per heavy atom. The van der Waals surface area contributed by atoms with Gasteiger partial charge in [0.2, 0.25) is 0 Å². The van der Waals surface area contributed by atoms with Crippen LogP contribution in [0.2, 0.25) is 0 Å². The van der Waals surface area contributed by atoms with Crippen LogP contribution in [0, 0.1) is 0 Å². The van der Waals surface area contributed by atoms with Crippen molar-refractivity contribution in [3.05, 3.63) is 42.8 Å². The van der Waals surface area contributed by atoms with Crippen molar-refractivity contribution in [2.24, 2.45) is 7.05 Å². The minimum absolute atomic E-state index is 0.843. The Labute approximate surface area is 78.1 Å². The molecular weight excluding hydrogens is 162 g/mol. The molecule has 0 saturated heterocycles. The molecule has 1 aromatic heterocycles. The molecule has 0 aliphatic rings. The quantitative estimate of drug-likeness (QED) is 0.657. The fourth-order valence-electron chi connectivity index (χ4n) is 0.936. The van der Waals surface area contributed by atoms with Gasteiger partial charge in [0.25, 0.3) is 0 Å². The van der Waals surface area contributed by atoms with Crippen molar-refractivity contribution < 1.29 is 0 Å². The van der Waals surface area contributed by atoms with E-state index in [4.69, 9.17) is 0 Å². The average molecular weight is 175 g/mol. The van der Waals surface area contributed by atoms with Gasteiger partial charge < -0.3 is 0 Å². The number of hydrogen-bond donors (Lipinski definition) is 0. The Hall–Kier alpha value is -1.64. The van der Waals surface area contributed by atoms with E-state index in [1.165, 1.54) is 4.80 Å². The van der Waals surface area contributed by atoms with Gasteiger partial charge in [-0.2, -0.15) is 15.0 Å². The van der Waals surface area contributed by atoms with Crippen LogP contribution < -0.4 is 0 Å². The standard InChI is InChI=1S/C10H13N3/c1-4-6-7-9(5-2)10-8-11-13(3)12-10/h4-8H,2H2,1,3H3/b6-4-,9-7+. The number of rotatable bonds is 3. The lowest BCUT2D eigenvalue weighted by atomic mass is 10.2. The molecule has 3 nitrogen and oxygen atoms in total. The van der Waals surface area contributed by atoms with E-state index in [-0.39, 0.29) is 0 Å². The zero-order valence-electron chi connectivity index (χ0n) is 7.94. The molecule has 0 radical (unpaired) electrons. The van der Waals surface area contributed by atoms with Crippen LogP contribution in [0.4, 0.5) is 0 Å². The van der Waals surface area contributed by atoms with Crippen molar-refractivity contribution in [1.29, 1.82) is 0 Å². The molecule has 1 heterocycles. The SMILES string of the molecule is C=C/C(=C\C=C/C)c1cnn(C)n1. The maximum Gasteiger partial charge on any atom is 0.113 e. The second-order valence-electron chi connectivity index (χ2n) is 2.57. The molecule has 0 N–H and O–H groups in total. The predicted octanol–water partition coefficient (Wildman–Crippen LogP) is 1.96. The lowest BCUT2D eigenvalue weighted by Crippen LogP contribution is -1.92. The summed E-state index contributed by atoms with van der Waals surface area (Å²) in [6, 6.07) is 0. The Kier molecular flexibility index (Phi) is 3.20. The Morgan fingerprint density at radius 1 is 1.62 bits per heavy atom. The highest BCUT2D eigenvalue weighted by atomic mass is 15.4. The molecule has 0 amide bonds. The highest BCUT2D eigenvalue weighted by Crippen LogP contribution is 2.10. The van der Waals surface area contributed by atoms with Crippen LogP contribution in [-0.4, -0.2) is 15.0 Å². The van der Waals surface area contributed by atoms with Crippen molar-refractivity contribution >= 4 is 5.57 Å². The number of aromatic nitrogens is 3. The summed E-state index contributed by atoms with van der Waals surface area (Å²) in [5.41, 5.74) is 1.82. The van der Waals surface area contributed by atoms with E-state index in [0.29, 0.717) is 0 Å². The summed E-state index contributed by atoms with van der Waals surface area (Å²) in [4.78, 5) is 1.53. The van der Waals surface area contributed by atoms with Gasteiger partial charge in [-0.25, -0.2) is 0 Å². The van der Waals surface area contributed by atoms with Crippen LogP contribution in [0.1, 0.15) is 12.6 Å². The van der Waals surface area contributed by atoms with E-state index < -0.39 is 0 Å². The fourth-order valence-corrected chi connectivity index (χ4v) is 0.936. The molecule has 0 saturated carbocycles. The van der Waals surface area contributed by atoms with E-state index in [1.807, 2.05) is 25.2 Å². The molecule has 0 aliphatic heterocycles. The lowest BCUT2D eigenvalue weighted by molar-refractivity contribution is 0.652. The molecule has 1 aromatic rings. The van der Waals surface area contributed by atoms with Crippen LogP contribution in [0.5, 0.6) is 0 Å². The van der Waals surface area contributed by atoms with E-state index in [0.717, 1.165) is 11.3 Å². The summed E-state index contributed by atoms with van der Waals surface area (Å²) in [6.45, 7) is 5.69. The molecule has 68 valence electrons. The summed E-state index contributed by atoms with van der Waals surface area (Å²) in [7, 11) is 1.79. The van der Waals surface area contributed by atoms with Gasteiger partial charge in [0.1, 0.15) is 5.69 Å². The Morgan fingerprint density at radius 3 is 2.85 bits per heavy atom. The van der Waals surface area contributed by atoms with E-state index in [9.17, 15) is 0 Å². The van der Waals surface area contributed by atoms with Gasteiger partial charge >= 0.3 is 0 Å².